The topological polar surface area (TPSA) is 43.1 Å². The van der Waals surface area contributed by atoms with Gasteiger partial charge in [-0.2, -0.15) is 0 Å². The maximum atomic E-state index is 10.6. The number of rotatable bonds is 3. The quantitative estimate of drug-likeness (QED) is 0.355. The predicted molar refractivity (Wildman–Crippen MR) is 54.5 cm³/mol. The molecule has 0 bridgehead atoms. The van der Waals surface area contributed by atoms with Crippen LogP contribution in [0.2, 0.25) is 0 Å². The van der Waals surface area contributed by atoms with Crippen molar-refractivity contribution in [2.24, 2.45) is 0 Å². The van der Waals surface area contributed by atoms with Crippen LogP contribution in [-0.2, 0) is 6.42 Å². The molecule has 0 N–H and O–H groups in total. The van der Waals surface area contributed by atoms with Crippen molar-refractivity contribution in [3.63, 3.8) is 0 Å². The van der Waals surface area contributed by atoms with Crippen molar-refractivity contribution in [1.29, 1.82) is 0 Å². The molecule has 1 aromatic carbocycles. The van der Waals surface area contributed by atoms with Crippen LogP contribution in [0, 0.1) is 10.1 Å². The third-order valence-corrected chi connectivity index (χ3v) is 2.32. The van der Waals surface area contributed by atoms with Gasteiger partial charge in [-0.05, 0) is 5.56 Å². The van der Waals surface area contributed by atoms with E-state index in [-0.39, 0.29) is 4.92 Å². The van der Waals surface area contributed by atoms with Crippen LogP contribution in [0.15, 0.2) is 30.3 Å². The highest BCUT2D eigenvalue weighted by molar-refractivity contribution is 9.10. The van der Waals surface area contributed by atoms with Gasteiger partial charge in [0.05, 0.1) is 6.42 Å². The molecule has 1 atom stereocenters. The second-order valence-electron chi connectivity index (χ2n) is 3.06. The Morgan fingerprint density at radius 2 is 2.00 bits per heavy atom. The molecule has 4 heteroatoms. The second-order valence-corrected chi connectivity index (χ2v) is 4.77. The first kappa shape index (κ1) is 10.2. The summed E-state index contributed by atoms with van der Waals surface area (Å²) >= 11 is 3.08. The van der Waals surface area contributed by atoms with Crippen molar-refractivity contribution in [1.82, 2.24) is 0 Å². The average Bonchev–Trinajstić information content (AvgIpc) is 2.05. The monoisotopic (exact) mass is 243 g/mol. The second kappa shape index (κ2) is 3.87. The van der Waals surface area contributed by atoms with Crippen LogP contribution in [0.25, 0.3) is 0 Å². The van der Waals surface area contributed by atoms with E-state index in [4.69, 9.17) is 0 Å². The van der Waals surface area contributed by atoms with E-state index >= 15 is 0 Å². The zero-order chi connectivity index (χ0) is 9.90. The molecule has 0 heterocycles. The summed E-state index contributed by atoms with van der Waals surface area (Å²) in [7, 11) is 0. The van der Waals surface area contributed by atoms with E-state index in [1.165, 1.54) is 0 Å². The highest BCUT2D eigenvalue weighted by atomic mass is 79.9. The van der Waals surface area contributed by atoms with Gasteiger partial charge in [-0.3, -0.25) is 10.1 Å². The number of nitro groups is 1. The maximum Gasteiger partial charge on any atom is 0.275 e. The minimum atomic E-state index is -1.06. The summed E-state index contributed by atoms with van der Waals surface area (Å²) in [6.45, 7) is 1.56. The van der Waals surface area contributed by atoms with Gasteiger partial charge in [0.1, 0.15) is 0 Å². The summed E-state index contributed by atoms with van der Waals surface area (Å²) in [5, 5.41) is 10.6. The van der Waals surface area contributed by atoms with E-state index in [9.17, 15) is 10.1 Å². The molecule has 3 nitrogen and oxygen atoms in total. The van der Waals surface area contributed by atoms with Crippen LogP contribution in [0.3, 0.4) is 0 Å². The molecule has 0 fully saturated rings. The lowest BCUT2D eigenvalue weighted by atomic mass is 10.1. The molecule has 1 unspecified atom stereocenters. The fourth-order valence-corrected chi connectivity index (χ4v) is 1.36. The molecule has 1 rings (SSSR count). The lowest BCUT2D eigenvalue weighted by molar-refractivity contribution is -0.530. The van der Waals surface area contributed by atoms with Gasteiger partial charge >= 0.3 is 0 Å². The molecule has 70 valence electrons. The Kier molecular flexibility index (Phi) is 3.03. The Balaban J connectivity index is 2.75. The van der Waals surface area contributed by atoms with Gasteiger partial charge in [-0.25, -0.2) is 0 Å². The Labute approximate surface area is 85.0 Å². The fourth-order valence-electron chi connectivity index (χ4n) is 1.03. The Bertz CT molecular complexity index is 298. The molecule has 0 spiro atoms. The molecular formula is C9H10BrNO2. The smallest absolute Gasteiger partial charge is 0.263 e. The first-order valence-corrected chi connectivity index (χ1v) is 4.69. The number of hydrogen-bond donors (Lipinski definition) is 0. The third kappa shape index (κ3) is 2.81. The number of alkyl halides is 1. The van der Waals surface area contributed by atoms with Crippen molar-refractivity contribution in [3.05, 3.63) is 46.0 Å². The highest BCUT2D eigenvalue weighted by Crippen LogP contribution is 2.23. The fraction of sp³-hybridized carbons (Fsp3) is 0.333. The van der Waals surface area contributed by atoms with Crippen LogP contribution < -0.4 is 0 Å². The van der Waals surface area contributed by atoms with Gasteiger partial charge in [0.15, 0.2) is 0 Å². The van der Waals surface area contributed by atoms with Crippen molar-refractivity contribution in [2.75, 3.05) is 0 Å². The van der Waals surface area contributed by atoms with Crippen LogP contribution in [0.5, 0.6) is 0 Å². The van der Waals surface area contributed by atoms with E-state index in [1.807, 2.05) is 30.3 Å². The zero-order valence-corrected chi connectivity index (χ0v) is 8.82. The molecule has 0 radical (unpaired) electrons. The Morgan fingerprint density at radius 3 is 2.46 bits per heavy atom. The zero-order valence-electron chi connectivity index (χ0n) is 7.24. The first-order chi connectivity index (χ1) is 6.02. The van der Waals surface area contributed by atoms with E-state index in [0.717, 1.165) is 5.56 Å². The van der Waals surface area contributed by atoms with Gasteiger partial charge in [0, 0.05) is 27.8 Å². The Morgan fingerprint density at radius 1 is 1.46 bits per heavy atom. The number of hydrogen-bond acceptors (Lipinski definition) is 2. The predicted octanol–water partition coefficient (Wildman–Crippen LogP) is 2.62. The van der Waals surface area contributed by atoms with Gasteiger partial charge in [0.25, 0.3) is 4.45 Å². The average molecular weight is 244 g/mol. The maximum absolute atomic E-state index is 10.6. The lowest BCUT2D eigenvalue weighted by Gasteiger charge is -2.12. The lowest BCUT2D eigenvalue weighted by Crippen LogP contribution is -2.29. The van der Waals surface area contributed by atoms with Crippen LogP contribution in [0.1, 0.15) is 12.5 Å². The van der Waals surface area contributed by atoms with Gasteiger partial charge < -0.3 is 0 Å². The number of halogens is 1. The van der Waals surface area contributed by atoms with Crippen LogP contribution >= 0.6 is 15.9 Å². The van der Waals surface area contributed by atoms with E-state index in [1.54, 1.807) is 6.92 Å². The molecule has 13 heavy (non-hydrogen) atoms. The summed E-state index contributed by atoms with van der Waals surface area (Å²) in [6, 6.07) is 9.39. The van der Waals surface area contributed by atoms with Crippen molar-refractivity contribution in [2.45, 2.75) is 17.8 Å². The van der Waals surface area contributed by atoms with E-state index in [0.29, 0.717) is 6.42 Å². The molecule has 0 saturated heterocycles. The minimum absolute atomic E-state index is 0.319. The van der Waals surface area contributed by atoms with E-state index < -0.39 is 4.45 Å². The summed E-state index contributed by atoms with van der Waals surface area (Å²) in [6.07, 6.45) is 0.390. The summed E-state index contributed by atoms with van der Waals surface area (Å²) in [5.74, 6) is 0. The molecule has 0 aromatic heterocycles. The van der Waals surface area contributed by atoms with Crippen LogP contribution in [-0.4, -0.2) is 9.37 Å². The van der Waals surface area contributed by atoms with Crippen molar-refractivity contribution in [3.8, 4) is 0 Å². The number of benzene rings is 1. The van der Waals surface area contributed by atoms with E-state index in [2.05, 4.69) is 15.9 Å². The Hall–Kier alpha value is -0.900. The SMILES string of the molecule is CC(Br)(Cc1ccccc1)[N+](=O)[O-]. The molecule has 1 aromatic rings. The molecular weight excluding hydrogens is 234 g/mol. The first-order valence-electron chi connectivity index (χ1n) is 3.90. The molecule has 0 saturated carbocycles. The standard InChI is InChI=1S/C9H10BrNO2/c1-9(10,11(12)13)7-8-5-3-2-4-6-8/h2-6H,7H2,1H3. The largest absolute Gasteiger partial charge is 0.275 e. The molecule has 0 aliphatic rings. The highest BCUT2D eigenvalue weighted by Gasteiger charge is 2.33. The minimum Gasteiger partial charge on any atom is -0.263 e. The third-order valence-electron chi connectivity index (χ3n) is 1.75. The van der Waals surface area contributed by atoms with Gasteiger partial charge in [-0.1, -0.05) is 30.3 Å². The van der Waals surface area contributed by atoms with Crippen molar-refractivity contribution < 1.29 is 4.92 Å². The van der Waals surface area contributed by atoms with Gasteiger partial charge in [0.2, 0.25) is 0 Å². The summed E-state index contributed by atoms with van der Waals surface area (Å²) in [5.41, 5.74) is 0.957. The molecule has 0 amide bonds. The summed E-state index contributed by atoms with van der Waals surface area (Å²) < 4.78 is -1.06. The molecule has 0 aliphatic carbocycles. The van der Waals surface area contributed by atoms with Gasteiger partial charge in [-0.15, -0.1) is 0 Å². The van der Waals surface area contributed by atoms with Crippen molar-refractivity contribution >= 4 is 15.9 Å². The number of nitrogens with zero attached hydrogens (tertiary/aromatic N) is 1. The molecule has 0 aliphatic heterocycles. The van der Waals surface area contributed by atoms with Crippen LogP contribution in [0.4, 0.5) is 0 Å². The summed E-state index contributed by atoms with van der Waals surface area (Å²) in [4.78, 5) is 10.3. The normalized spacial score (nSPS) is 14.9.